The van der Waals surface area contributed by atoms with E-state index in [1.165, 1.54) is 4.57 Å². The highest BCUT2D eigenvalue weighted by Crippen LogP contribution is 2.59. The van der Waals surface area contributed by atoms with Crippen molar-refractivity contribution in [1.82, 2.24) is 9.13 Å². The van der Waals surface area contributed by atoms with Gasteiger partial charge in [-0.2, -0.15) is 63.2 Å². The molecule has 2 aliphatic heterocycles. The van der Waals surface area contributed by atoms with Crippen LogP contribution in [0.2, 0.25) is 0 Å². The summed E-state index contributed by atoms with van der Waals surface area (Å²) in [5.74, 6) is -2.33. The van der Waals surface area contributed by atoms with Crippen LogP contribution in [0, 0.1) is 22.7 Å². The van der Waals surface area contributed by atoms with E-state index in [1.807, 2.05) is 149 Å². The summed E-state index contributed by atoms with van der Waals surface area (Å²) in [6.07, 6.45) is -13.1. The second kappa shape index (κ2) is 21.4. The Labute approximate surface area is 542 Å². The van der Waals surface area contributed by atoms with Crippen molar-refractivity contribution in [3.8, 4) is 23.5 Å². The molecule has 0 saturated carbocycles. The summed E-state index contributed by atoms with van der Waals surface area (Å²) >= 11 is 0. The third-order valence-electron chi connectivity index (χ3n) is 19.9. The van der Waals surface area contributed by atoms with Crippen molar-refractivity contribution in [3.05, 3.63) is 284 Å². The highest BCUT2D eigenvalue weighted by atomic mass is 19.4. The van der Waals surface area contributed by atoms with Gasteiger partial charge < -0.3 is 18.9 Å². The van der Waals surface area contributed by atoms with E-state index >= 15 is 52.7 Å². The predicted molar refractivity (Wildman–Crippen MR) is 348 cm³/mol. The molecule has 6 nitrogen and oxygen atoms in total. The predicted octanol–water partition coefficient (Wildman–Crippen LogP) is 22.6. The lowest BCUT2D eigenvalue weighted by molar-refractivity contribution is -0.138. The summed E-state index contributed by atoms with van der Waals surface area (Å²) in [7, 11) is 0. The monoisotopic (exact) mass is 1300 g/mol. The van der Waals surface area contributed by atoms with E-state index in [1.54, 1.807) is 12.2 Å². The van der Waals surface area contributed by atoms with E-state index in [0.29, 0.717) is 11.4 Å². The third-order valence-corrected chi connectivity index (χ3v) is 19.9. The highest BCUT2D eigenvalue weighted by molar-refractivity contribution is 6.12. The molecule has 9 aromatic carbocycles. The molecule has 478 valence electrons. The second-order valence-corrected chi connectivity index (χ2v) is 25.8. The van der Waals surface area contributed by atoms with Crippen molar-refractivity contribution in [2.24, 2.45) is 0 Å². The van der Waals surface area contributed by atoms with E-state index < -0.39 is 86.4 Å². The van der Waals surface area contributed by atoms with Crippen LogP contribution in [0.5, 0.6) is 0 Å². The molecule has 0 amide bonds. The number of fused-ring (bicyclic) bond motifs is 8. The first-order valence-electron chi connectivity index (χ1n) is 30.8. The van der Waals surface area contributed by atoms with Crippen molar-refractivity contribution in [2.45, 2.75) is 87.9 Å². The first-order chi connectivity index (χ1) is 45.6. The fraction of sp³-hybridized carbons (Fsp3) is 0.179. The van der Waals surface area contributed by atoms with Crippen LogP contribution < -0.4 is 9.80 Å². The van der Waals surface area contributed by atoms with Gasteiger partial charge in [0.05, 0.1) is 78.2 Å². The summed E-state index contributed by atoms with van der Waals surface area (Å²) in [5.41, 5.74) is -2.00. The Bertz CT molecular complexity index is 5020. The summed E-state index contributed by atoms with van der Waals surface area (Å²) in [5, 5.41) is 25.1. The molecular weight excluding hydrogens is 1250 g/mol. The normalized spacial score (nSPS) is 17.6. The number of nitrogens with zero attached hydrogens (tertiary/aromatic N) is 6. The van der Waals surface area contributed by atoms with Crippen molar-refractivity contribution >= 4 is 66.4 Å². The average molecular weight is 1300 g/mol. The molecule has 0 saturated heterocycles. The lowest BCUT2D eigenvalue weighted by atomic mass is 9.66. The number of benzene rings is 9. The maximum atomic E-state index is 15.5. The molecule has 2 aliphatic carbocycles. The Morgan fingerprint density at radius 1 is 0.385 bits per heavy atom. The number of halogens is 12. The van der Waals surface area contributed by atoms with Gasteiger partial charge in [-0.1, -0.05) is 137 Å². The Kier molecular flexibility index (Phi) is 13.7. The van der Waals surface area contributed by atoms with Gasteiger partial charge in [0.2, 0.25) is 0 Å². The van der Waals surface area contributed by atoms with Crippen LogP contribution in [-0.2, 0) is 35.5 Å². The fourth-order valence-electron chi connectivity index (χ4n) is 15.5. The zero-order valence-corrected chi connectivity index (χ0v) is 51.4. The van der Waals surface area contributed by atoms with Crippen molar-refractivity contribution in [1.29, 1.82) is 10.5 Å². The Balaban J connectivity index is 1.14. The number of anilines is 4. The van der Waals surface area contributed by atoms with Gasteiger partial charge in [-0.15, -0.1) is 0 Å². The standard InChI is InChI=1S/C78H52F12N6/c1-73(2)57-19-11-13-21-61(57)93(49-15-7-5-8-16-49)63-33-23-43(35-59(63)73)69-55(41-91)71(95-65-37-45(75(79,80)81)25-29-51(65)52-30-26-46(38-66(52)95)76(82,83)84)56(42-92)70(44-24-34-64-60(36-44)74(3,4)58-20-12-14-22-62(58)94(64)50-17-9-6-10-18-50)72(69)96-67-39-47(77(85,86)87)27-31-53(67)54-32-28-48(40-68(54)96)78(88,89)90/h5-34,37-40,43-44H,35-36H2,1-4H3. The molecule has 0 fully saturated rings. The molecule has 0 radical (unpaired) electrons. The van der Waals surface area contributed by atoms with Crippen LogP contribution in [0.3, 0.4) is 0 Å². The minimum atomic E-state index is -5.06. The van der Waals surface area contributed by atoms with Gasteiger partial charge in [0.25, 0.3) is 0 Å². The molecule has 96 heavy (non-hydrogen) atoms. The van der Waals surface area contributed by atoms with E-state index in [9.17, 15) is 10.5 Å². The summed E-state index contributed by atoms with van der Waals surface area (Å²) in [4.78, 5) is 4.12. The molecule has 2 unspecified atom stereocenters. The van der Waals surface area contributed by atoms with Crippen LogP contribution in [-0.4, -0.2) is 9.13 Å². The molecule has 18 heteroatoms. The van der Waals surface area contributed by atoms with Crippen molar-refractivity contribution in [3.63, 3.8) is 0 Å². The second-order valence-electron chi connectivity index (χ2n) is 25.8. The Hall–Kier alpha value is -10.7. The number of para-hydroxylation sites is 4. The summed E-state index contributed by atoms with van der Waals surface area (Å²) in [6.45, 7) is 8.01. The Morgan fingerprint density at radius 3 is 1.00 bits per heavy atom. The molecule has 2 aromatic heterocycles. The zero-order valence-electron chi connectivity index (χ0n) is 51.4. The maximum Gasteiger partial charge on any atom is 0.416 e. The van der Waals surface area contributed by atoms with Gasteiger partial charge in [-0.25, -0.2) is 0 Å². The number of aromatic nitrogens is 2. The van der Waals surface area contributed by atoms with E-state index in [0.717, 1.165) is 122 Å². The lowest BCUT2D eigenvalue weighted by Crippen LogP contribution is -2.36. The topological polar surface area (TPSA) is 63.9 Å². The van der Waals surface area contributed by atoms with Gasteiger partial charge >= 0.3 is 24.7 Å². The van der Waals surface area contributed by atoms with E-state index in [2.05, 4.69) is 21.9 Å². The van der Waals surface area contributed by atoms with E-state index in [4.69, 9.17) is 0 Å². The van der Waals surface area contributed by atoms with Gasteiger partial charge in [0.1, 0.15) is 12.1 Å². The van der Waals surface area contributed by atoms with Crippen LogP contribution in [0.25, 0.3) is 55.0 Å². The highest BCUT2D eigenvalue weighted by Gasteiger charge is 2.47. The van der Waals surface area contributed by atoms with Crippen LogP contribution in [0.1, 0.15) is 108 Å². The number of nitriles is 2. The van der Waals surface area contributed by atoms with Crippen molar-refractivity contribution < 1.29 is 52.7 Å². The minimum absolute atomic E-state index is 0.000375. The summed E-state index contributed by atoms with van der Waals surface area (Å²) < 4.78 is 187. The molecular formula is C78H52F12N6. The van der Waals surface area contributed by atoms with Crippen LogP contribution >= 0.6 is 0 Å². The molecule has 0 spiro atoms. The number of rotatable bonds is 6. The third kappa shape index (κ3) is 9.37. The SMILES string of the molecule is CC1(C)C2=C(C=CC(c3c(C#N)c(-n4c5cc(C(F)(F)F)ccc5c5ccc(C(F)(F)F)cc54)c(C#N)c(C4C=CC5=C(C4)C(C)(C)c4ccccc4N5c4ccccc4)c3-n3c4cc(C(F)(F)F)ccc4c4ccc(C(F)(F)F)cc43)C2)N(c2ccccc2)c2ccccc21. The molecule has 0 N–H and O–H groups in total. The largest absolute Gasteiger partial charge is 0.416 e. The van der Waals surface area contributed by atoms with Crippen LogP contribution in [0.15, 0.2) is 229 Å². The number of hydrogen-bond donors (Lipinski definition) is 0. The number of hydrogen-bond acceptors (Lipinski definition) is 4. The van der Waals surface area contributed by atoms with E-state index in [-0.39, 0.29) is 73.3 Å². The first-order valence-corrected chi connectivity index (χ1v) is 30.8. The van der Waals surface area contributed by atoms with Crippen LogP contribution in [0.4, 0.5) is 75.4 Å². The number of allylic oxidation sites excluding steroid dienone is 6. The molecule has 11 aromatic rings. The van der Waals surface area contributed by atoms with Crippen molar-refractivity contribution in [2.75, 3.05) is 9.80 Å². The smallest absolute Gasteiger partial charge is 0.310 e. The van der Waals surface area contributed by atoms with Gasteiger partial charge in [-0.05, 0) is 132 Å². The zero-order chi connectivity index (χ0) is 67.5. The molecule has 4 heterocycles. The Morgan fingerprint density at radius 2 is 0.688 bits per heavy atom. The minimum Gasteiger partial charge on any atom is -0.310 e. The maximum absolute atomic E-state index is 15.5. The number of alkyl halides is 12. The molecule has 4 aliphatic rings. The van der Waals surface area contributed by atoms with Gasteiger partial charge in [0, 0.05) is 78.1 Å². The first kappa shape index (κ1) is 61.5. The van der Waals surface area contributed by atoms with Gasteiger partial charge in [0.15, 0.2) is 0 Å². The molecule has 0 bridgehead atoms. The summed E-state index contributed by atoms with van der Waals surface area (Å²) in [6, 6.07) is 49.6. The lowest BCUT2D eigenvalue weighted by Gasteiger charge is -2.46. The average Bonchev–Trinajstić information content (AvgIpc) is 1.37. The van der Waals surface area contributed by atoms with Gasteiger partial charge in [-0.3, -0.25) is 0 Å². The molecule has 15 rings (SSSR count). The fourth-order valence-corrected chi connectivity index (χ4v) is 15.5. The molecule has 2 atom stereocenters. The quantitative estimate of drug-likeness (QED) is 0.156.